The molecule has 2 rings (SSSR count). The number of nitrogens with two attached hydrogens (primary N) is 1. The van der Waals surface area contributed by atoms with Gasteiger partial charge in [0.05, 0.1) is 5.56 Å². The first-order chi connectivity index (χ1) is 10.5. The highest BCUT2D eigenvalue weighted by Gasteiger charge is 2.21. The second-order valence-electron chi connectivity index (χ2n) is 4.74. The van der Waals surface area contributed by atoms with Gasteiger partial charge in [0.15, 0.2) is 0 Å². The third-order valence-electron chi connectivity index (χ3n) is 3.10. The largest absolute Gasteiger partial charge is 0.368 e. The fourth-order valence-corrected chi connectivity index (χ4v) is 2.22. The van der Waals surface area contributed by atoms with Crippen molar-refractivity contribution >= 4 is 23.4 Å². The molecular formula is C16H14ClFN2O2. The van der Waals surface area contributed by atoms with Gasteiger partial charge in [-0.15, -0.1) is 0 Å². The van der Waals surface area contributed by atoms with Crippen LogP contribution < -0.4 is 11.1 Å². The maximum absolute atomic E-state index is 13.6. The smallest absolute Gasteiger partial charge is 0.254 e. The number of carbonyl (C=O) groups is 2. The van der Waals surface area contributed by atoms with Gasteiger partial charge in [-0.1, -0.05) is 35.9 Å². The zero-order valence-electron chi connectivity index (χ0n) is 11.6. The average molecular weight is 321 g/mol. The summed E-state index contributed by atoms with van der Waals surface area (Å²) in [7, 11) is 0. The van der Waals surface area contributed by atoms with E-state index in [1.807, 2.05) is 0 Å². The summed E-state index contributed by atoms with van der Waals surface area (Å²) in [5.41, 5.74) is 5.91. The Labute approximate surface area is 132 Å². The molecule has 0 aliphatic carbocycles. The molecule has 3 N–H and O–H groups in total. The van der Waals surface area contributed by atoms with Crippen molar-refractivity contribution in [2.45, 2.75) is 12.5 Å². The number of benzene rings is 2. The summed E-state index contributed by atoms with van der Waals surface area (Å²) >= 11 is 5.88. The van der Waals surface area contributed by atoms with Gasteiger partial charge in [-0.05, 0) is 29.8 Å². The van der Waals surface area contributed by atoms with Gasteiger partial charge >= 0.3 is 0 Å². The van der Waals surface area contributed by atoms with E-state index in [0.29, 0.717) is 5.02 Å². The maximum Gasteiger partial charge on any atom is 0.254 e. The summed E-state index contributed by atoms with van der Waals surface area (Å²) in [6.07, 6.45) is 0.177. The van der Waals surface area contributed by atoms with E-state index in [2.05, 4.69) is 5.32 Å². The lowest BCUT2D eigenvalue weighted by Gasteiger charge is -2.16. The Morgan fingerprint density at radius 3 is 2.55 bits per heavy atom. The lowest BCUT2D eigenvalue weighted by atomic mass is 10.0. The van der Waals surface area contributed by atoms with Gasteiger partial charge in [0, 0.05) is 11.4 Å². The van der Waals surface area contributed by atoms with Crippen LogP contribution in [0.4, 0.5) is 4.39 Å². The number of rotatable bonds is 5. The van der Waals surface area contributed by atoms with Crippen molar-refractivity contribution in [1.82, 2.24) is 5.32 Å². The summed E-state index contributed by atoms with van der Waals surface area (Å²) in [5.74, 6) is -2.06. The van der Waals surface area contributed by atoms with Crippen molar-refractivity contribution in [1.29, 1.82) is 0 Å². The van der Waals surface area contributed by atoms with Crippen molar-refractivity contribution < 1.29 is 14.0 Å². The second-order valence-corrected chi connectivity index (χ2v) is 5.18. The van der Waals surface area contributed by atoms with Crippen molar-refractivity contribution in [3.8, 4) is 0 Å². The first-order valence-corrected chi connectivity index (χ1v) is 6.94. The molecule has 2 amide bonds. The number of halogens is 2. The van der Waals surface area contributed by atoms with Crippen LogP contribution in [0, 0.1) is 5.82 Å². The topological polar surface area (TPSA) is 72.2 Å². The molecule has 0 spiro atoms. The van der Waals surface area contributed by atoms with Gasteiger partial charge in [0.1, 0.15) is 11.9 Å². The van der Waals surface area contributed by atoms with Gasteiger partial charge in [-0.3, -0.25) is 9.59 Å². The average Bonchev–Trinajstić information content (AvgIpc) is 2.46. The normalized spacial score (nSPS) is 11.7. The van der Waals surface area contributed by atoms with E-state index in [9.17, 15) is 14.0 Å². The molecule has 0 saturated carbocycles. The first kappa shape index (κ1) is 16.0. The van der Waals surface area contributed by atoms with Crippen LogP contribution in [0.5, 0.6) is 0 Å². The standard InChI is InChI=1S/C16H14ClFN2O2/c17-11-5-3-4-10(8-11)9-14(15(19)21)20-16(22)12-6-1-2-7-13(12)18/h1-8,14H,9H2,(H2,19,21)(H,20,22)/t14-/m1/s1. The highest BCUT2D eigenvalue weighted by Crippen LogP contribution is 2.13. The van der Waals surface area contributed by atoms with E-state index >= 15 is 0 Å². The zero-order valence-corrected chi connectivity index (χ0v) is 12.3. The van der Waals surface area contributed by atoms with E-state index in [-0.39, 0.29) is 12.0 Å². The Balaban J connectivity index is 2.14. The number of amides is 2. The Kier molecular flexibility index (Phi) is 5.12. The highest BCUT2D eigenvalue weighted by atomic mass is 35.5. The third kappa shape index (κ3) is 4.05. The molecule has 0 saturated heterocycles. The van der Waals surface area contributed by atoms with Gasteiger partial charge in [-0.25, -0.2) is 4.39 Å². The van der Waals surface area contributed by atoms with E-state index in [0.717, 1.165) is 5.56 Å². The Morgan fingerprint density at radius 2 is 1.91 bits per heavy atom. The second kappa shape index (κ2) is 7.04. The number of primary amides is 1. The first-order valence-electron chi connectivity index (χ1n) is 6.56. The van der Waals surface area contributed by atoms with Crippen LogP contribution >= 0.6 is 11.6 Å². The molecule has 0 radical (unpaired) electrons. The molecule has 2 aromatic carbocycles. The van der Waals surface area contributed by atoms with E-state index < -0.39 is 23.7 Å². The molecule has 114 valence electrons. The molecule has 0 heterocycles. The van der Waals surface area contributed by atoms with E-state index in [1.165, 1.54) is 24.3 Å². The molecule has 0 bridgehead atoms. The van der Waals surface area contributed by atoms with Crippen molar-refractivity contribution in [3.05, 3.63) is 70.5 Å². The Morgan fingerprint density at radius 1 is 1.18 bits per heavy atom. The summed E-state index contributed by atoms with van der Waals surface area (Å²) < 4.78 is 13.6. The van der Waals surface area contributed by atoms with Crippen molar-refractivity contribution in [2.75, 3.05) is 0 Å². The quantitative estimate of drug-likeness (QED) is 0.887. The van der Waals surface area contributed by atoms with Crippen LogP contribution in [-0.2, 0) is 11.2 Å². The number of nitrogens with one attached hydrogen (secondary N) is 1. The molecule has 0 fully saturated rings. The summed E-state index contributed by atoms with van der Waals surface area (Å²) in [6, 6.07) is 11.4. The molecular weight excluding hydrogens is 307 g/mol. The van der Waals surface area contributed by atoms with Gasteiger partial charge in [0.25, 0.3) is 5.91 Å². The van der Waals surface area contributed by atoms with Crippen molar-refractivity contribution in [3.63, 3.8) is 0 Å². The Hall–Kier alpha value is -2.40. The minimum absolute atomic E-state index is 0.139. The molecule has 0 aliphatic heterocycles. The molecule has 4 nitrogen and oxygen atoms in total. The van der Waals surface area contributed by atoms with Crippen LogP contribution in [0.25, 0.3) is 0 Å². The third-order valence-corrected chi connectivity index (χ3v) is 3.33. The fraction of sp³-hybridized carbons (Fsp3) is 0.125. The van der Waals surface area contributed by atoms with E-state index in [1.54, 1.807) is 24.3 Å². The van der Waals surface area contributed by atoms with Crippen LogP contribution in [0.15, 0.2) is 48.5 Å². The van der Waals surface area contributed by atoms with Crippen molar-refractivity contribution in [2.24, 2.45) is 5.73 Å². The monoisotopic (exact) mass is 320 g/mol. The molecule has 2 aromatic rings. The summed E-state index contributed by atoms with van der Waals surface area (Å²) in [5, 5.41) is 2.96. The highest BCUT2D eigenvalue weighted by molar-refractivity contribution is 6.30. The lowest BCUT2D eigenvalue weighted by Crippen LogP contribution is -2.46. The van der Waals surface area contributed by atoms with Gasteiger partial charge in [-0.2, -0.15) is 0 Å². The van der Waals surface area contributed by atoms with Crippen LogP contribution in [-0.4, -0.2) is 17.9 Å². The van der Waals surface area contributed by atoms with Crippen LogP contribution in [0.1, 0.15) is 15.9 Å². The van der Waals surface area contributed by atoms with E-state index in [4.69, 9.17) is 17.3 Å². The lowest BCUT2D eigenvalue weighted by molar-refractivity contribution is -0.119. The predicted octanol–water partition coefficient (Wildman–Crippen LogP) is 2.31. The van der Waals surface area contributed by atoms with Crippen LogP contribution in [0.2, 0.25) is 5.02 Å². The van der Waals surface area contributed by atoms with Gasteiger partial charge < -0.3 is 11.1 Å². The summed E-state index contributed by atoms with van der Waals surface area (Å²) in [6.45, 7) is 0. The number of carbonyl (C=O) groups excluding carboxylic acids is 2. The fourth-order valence-electron chi connectivity index (χ4n) is 2.00. The molecule has 6 heteroatoms. The molecule has 1 atom stereocenters. The predicted molar refractivity (Wildman–Crippen MR) is 82.0 cm³/mol. The minimum Gasteiger partial charge on any atom is -0.368 e. The number of hydrogen-bond acceptors (Lipinski definition) is 2. The maximum atomic E-state index is 13.6. The zero-order chi connectivity index (χ0) is 16.1. The minimum atomic E-state index is -0.953. The SMILES string of the molecule is NC(=O)[C@@H](Cc1cccc(Cl)c1)NC(=O)c1ccccc1F. The summed E-state index contributed by atoms with van der Waals surface area (Å²) in [4.78, 5) is 23.6. The number of hydrogen-bond donors (Lipinski definition) is 2. The molecule has 0 aromatic heterocycles. The molecule has 0 unspecified atom stereocenters. The van der Waals surface area contributed by atoms with Crippen LogP contribution in [0.3, 0.4) is 0 Å². The molecule has 0 aliphatic rings. The van der Waals surface area contributed by atoms with Gasteiger partial charge in [0.2, 0.25) is 5.91 Å². The molecule has 22 heavy (non-hydrogen) atoms. The Bertz CT molecular complexity index is 706.